The molecule has 1 aromatic rings. The molecule has 0 spiro atoms. The first kappa shape index (κ1) is 22.9. The molecule has 4 unspecified atom stereocenters. The molecular formula is C26H40N3OS+. The second-order valence-electron chi connectivity index (χ2n) is 11.1. The standard InChI is InChI=1S/C26H40N3OS/c1-25(2)20-15-16-26(3,17-20)24(25)29(19-31,27-4)18-23(30)28(21-11-7-5-8-12-21)22-13-9-6-10-14-22/h5,7-8,11-12,19-20,22,24,27H,6,9-10,13-18H2,1-4H3/q+1. The van der Waals surface area contributed by atoms with Gasteiger partial charge in [0.15, 0.2) is 12.0 Å². The molecule has 3 aliphatic carbocycles. The minimum atomic E-state index is 0.147. The molecule has 0 aromatic heterocycles. The van der Waals surface area contributed by atoms with E-state index in [2.05, 4.69) is 43.2 Å². The second kappa shape index (κ2) is 8.57. The van der Waals surface area contributed by atoms with Crippen molar-refractivity contribution in [1.29, 1.82) is 0 Å². The van der Waals surface area contributed by atoms with Crippen LogP contribution in [0, 0.1) is 16.7 Å². The zero-order chi connectivity index (χ0) is 22.3. The van der Waals surface area contributed by atoms with E-state index in [4.69, 9.17) is 12.2 Å². The van der Waals surface area contributed by atoms with E-state index in [1.54, 1.807) is 0 Å². The van der Waals surface area contributed by atoms with Crippen LogP contribution < -0.4 is 10.3 Å². The molecule has 4 atom stereocenters. The number of fused-ring (bicyclic) bond motifs is 2. The molecule has 1 N–H and O–H groups in total. The predicted molar refractivity (Wildman–Crippen MR) is 132 cm³/mol. The Balaban J connectivity index is 1.68. The SMILES string of the molecule is CN[N+](C=S)(CC(=O)N(c1ccccc1)C1CCCCC1)C1C2(C)CCC(C2)C1(C)C. The third kappa shape index (κ3) is 3.87. The van der Waals surface area contributed by atoms with Crippen molar-refractivity contribution in [3.05, 3.63) is 30.3 Å². The quantitative estimate of drug-likeness (QED) is 0.345. The highest BCUT2D eigenvalue weighted by molar-refractivity contribution is 7.78. The number of rotatable bonds is 7. The number of nitrogens with one attached hydrogen (secondary N) is 1. The lowest BCUT2D eigenvalue weighted by atomic mass is 9.67. The van der Waals surface area contributed by atoms with Crippen molar-refractivity contribution in [2.24, 2.45) is 16.7 Å². The van der Waals surface area contributed by atoms with Crippen LogP contribution in [-0.4, -0.2) is 41.7 Å². The molecule has 0 radical (unpaired) electrons. The number of carbonyl (C=O) groups excluding carboxylic acids is 1. The summed E-state index contributed by atoms with van der Waals surface area (Å²) in [6.45, 7) is 7.60. The number of thiocarbonyl (C=S) groups is 1. The van der Waals surface area contributed by atoms with Gasteiger partial charge < -0.3 is 4.90 Å². The molecule has 0 aliphatic heterocycles. The maximum absolute atomic E-state index is 14.1. The highest BCUT2D eigenvalue weighted by Crippen LogP contribution is 2.65. The van der Waals surface area contributed by atoms with Crippen molar-refractivity contribution < 1.29 is 9.39 Å². The molecule has 0 heterocycles. The summed E-state index contributed by atoms with van der Waals surface area (Å²) in [4.78, 5) is 16.2. The summed E-state index contributed by atoms with van der Waals surface area (Å²) in [7, 11) is 1.98. The summed E-state index contributed by atoms with van der Waals surface area (Å²) in [5, 5.41) is 0. The van der Waals surface area contributed by atoms with Crippen LogP contribution in [0.3, 0.4) is 0 Å². The molecule has 0 saturated heterocycles. The van der Waals surface area contributed by atoms with Crippen molar-refractivity contribution in [2.75, 3.05) is 18.5 Å². The van der Waals surface area contributed by atoms with Gasteiger partial charge in [0.2, 0.25) is 0 Å². The van der Waals surface area contributed by atoms with Crippen molar-refractivity contribution >= 4 is 29.3 Å². The molecule has 3 saturated carbocycles. The molecule has 31 heavy (non-hydrogen) atoms. The largest absolute Gasteiger partial charge is 0.304 e. The number of amides is 1. The Morgan fingerprint density at radius 1 is 1.16 bits per heavy atom. The maximum atomic E-state index is 14.1. The number of quaternary nitrogens is 1. The molecule has 4 rings (SSSR count). The first-order valence-corrected chi connectivity index (χ1v) is 12.6. The highest BCUT2D eigenvalue weighted by atomic mass is 32.1. The first-order chi connectivity index (χ1) is 14.8. The Kier molecular flexibility index (Phi) is 6.32. The van der Waals surface area contributed by atoms with Gasteiger partial charge in [-0.15, -0.1) is 0 Å². The molecule has 4 nitrogen and oxygen atoms in total. The fourth-order valence-corrected chi connectivity index (χ4v) is 7.96. The van der Waals surface area contributed by atoms with Crippen LogP contribution in [0.15, 0.2) is 30.3 Å². The molecule has 1 aromatic carbocycles. The Bertz CT molecular complexity index is 801. The Hall–Kier alpha value is -1.30. The van der Waals surface area contributed by atoms with Crippen LogP contribution in [0.2, 0.25) is 0 Å². The third-order valence-corrected chi connectivity index (χ3v) is 9.27. The third-order valence-electron chi connectivity index (χ3n) is 8.90. The highest BCUT2D eigenvalue weighted by Gasteiger charge is 2.67. The van der Waals surface area contributed by atoms with Crippen molar-refractivity contribution in [3.8, 4) is 0 Å². The number of benzene rings is 1. The van der Waals surface area contributed by atoms with Gasteiger partial charge >= 0.3 is 0 Å². The fourth-order valence-electron chi connectivity index (χ4n) is 7.66. The average molecular weight is 443 g/mol. The lowest BCUT2D eigenvalue weighted by Crippen LogP contribution is -2.71. The number of carbonyl (C=O) groups is 1. The monoisotopic (exact) mass is 442 g/mol. The van der Waals surface area contributed by atoms with Crippen molar-refractivity contribution in [3.63, 3.8) is 0 Å². The smallest absolute Gasteiger partial charge is 0.284 e. The van der Waals surface area contributed by atoms with Crippen LogP contribution in [0.4, 0.5) is 5.69 Å². The number of anilines is 1. The van der Waals surface area contributed by atoms with E-state index < -0.39 is 0 Å². The number of hydrogen-bond acceptors (Lipinski definition) is 3. The molecule has 1 amide bonds. The minimum absolute atomic E-state index is 0.147. The summed E-state index contributed by atoms with van der Waals surface area (Å²) in [5.41, 5.74) is 6.78. The fraction of sp³-hybridized carbons (Fsp3) is 0.692. The lowest BCUT2D eigenvalue weighted by Gasteiger charge is -2.51. The average Bonchev–Trinajstić information content (AvgIpc) is 3.26. The van der Waals surface area contributed by atoms with Crippen LogP contribution >= 0.6 is 12.2 Å². The van der Waals surface area contributed by atoms with E-state index in [1.807, 2.05) is 30.7 Å². The number of para-hydroxylation sites is 1. The van der Waals surface area contributed by atoms with Gasteiger partial charge in [0.05, 0.1) is 0 Å². The van der Waals surface area contributed by atoms with Gasteiger partial charge in [-0.05, 0) is 62.4 Å². The van der Waals surface area contributed by atoms with Gasteiger partial charge in [-0.1, -0.05) is 58.2 Å². The number of hydrogen-bond donors (Lipinski definition) is 1. The van der Waals surface area contributed by atoms with Crippen LogP contribution in [-0.2, 0) is 4.79 Å². The molecule has 170 valence electrons. The Morgan fingerprint density at radius 3 is 2.39 bits per heavy atom. The van der Waals surface area contributed by atoms with Crippen LogP contribution in [0.5, 0.6) is 0 Å². The molecule has 3 fully saturated rings. The van der Waals surface area contributed by atoms with Crippen LogP contribution in [0.25, 0.3) is 0 Å². The lowest BCUT2D eigenvalue weighted by molar-refractivity contribution is -0.907. The van der Waals surface area contributed by atoms with E-state index in [0.717, 1.165) is 18.5 Å². The van der Waals surface area contributed by atoms with Crippen molar-refractivity contribution in [2.45, 2.75) is 84.2 Å². The predicted octanol–water partition coefficient (Wildman–Crippen LogP) is 5.48. The van der Waals surface area contributed by atoms with Gasteiger partial charge in [-0.2, -0.15) is 10.0 Å². The van der Waals surface area contributed by atoms with Gasteiger partial charge in [0.25, 0.3) is 5.91 Å². The summed E-state index contributed by atoms with van der Waals surface area (Å²) in [6.07, 6.45) is 9.64. The molecule has 2 bridgehead atoms. The van der Waals surface area contributed by atoms with Gasteiger partial charge in [-0.25, -0.2) is 0 Å². The van der Waals surface area contributed by atoms with Crippen LogP contribution in [0.1, 0.15) is 72.1 Å². The minimum Gasteiger partial charge on any atom is -0.304 e. The molecule has 5 heteroatoms. The van der Waals surface area contributed by atoms with Gasteiger partial charge in [0, 0.05) is 29.6 Å². The normalized spacial score (nSPS) is 31.9. The Labute approximate surface area is 193 Å². The van der Waals surface area contributed by atoms with Crippen molar-refractivity contribution in [1.82, 2.24) is 5.43 Å². The van der Waals surface area contributed by atoms with E-state index in [1.165, 1.54) is 38.5 Å². The van der Waals surface area contributed by atoms with E-state index >= 15 is 0 Å². The summed E-state index contributed by atoms with van der Waals surface area (Å²) in [5.74, 6) is 0.901. The first-order valence-electron chi connectivity index (χ1n) is 12.2. The maximum Gasteiger partial charge on any atom is 0.284 e. The van der Waals surface area contributed by atoms with Gasteiger partial charge in [-0.3, -0.25) is 4.79 Å². The van der Waals surface area contributed by atoms with E-state index in [-0.39, 0.29) is 22.8 Å². The molecular weight excluding hydrogens is 402 g/mol. The second-order valence-corrected chi connectivity index (χ2v) is 11.3. The van der Waals surface area contributed by atoms with E-state index in [9.17, 15) is 4.79 Å². The topological polar surface area (TPSA) is 32.3 Å². The summed E-state index contributed by atoms with van der Waals surface area (Å²) in [6, 6.07) is 10.9. The molecule has 3 aliphatic rings. The Morgan fingerprint density at radius 2 is 1.84 bits per heavy atom. The number of nitrogens with zero attached hydrogens (tertiary/aromatic N) is 2. The summed E-state index contributed by atoms with van der Waals surface area (Å²) >= 11 is 5.68. The summed E-state index contributed by atoms with van der Waals surface area (Å²) < 4.78 is 0.393. The van der Waals surface area contributed by atoms with E-state index in [0.29, 0.717) is 23.1 Å². The zero-order valence-corrected chi connectivity index (χ0v) is 20.6. The van der Waals surface area contributed by atoms with Gasteiger partial charge in [0.1, 0.15) is 6.04 Å². The zero-order valence-electron chi connectivity index (χ0n) is 19.8.